The van der Waals surface area contributed by atoms with Gasteiger partial charge in [-0.2, -0.15) is 31.6 Å². The minimum absolute atomic E-state index is 0.0225. The number of carboxylic acid groups (broad SMARTS) is 1. The number of ether oxygens (including phenoxy) is 1. The molecule has 5 rings (SSSR count). The number of aliphatic carboxylic acids is 1. The molecule has 0 bridgehead atoms. The Morgan fingerprint density at radius 3 is 2.20 bits per heavy atom. The molecule has 46 heavy (non-hydrogen) atoms. The molecule has 4 fully saturated rings. The van der Waals surface area contributed by atoms with E-state index in [9.17, 15) is 54.7 Å². The van der Waals surface area contributed by atoms with Gasteiger partial charge in [-0.1, -0.05) is 12.8 Å². The minimum atomic E-state index is -5.16. The van der Waals surface area contributed by atoms with E-state index in [1.54, 1.807) is 6.07 Å². The molecule has 0 aromatic heterocycles. The Hall–Kier alpha value is -3.10. The zero-order chi connectivity index (χ0) is 33.9. The molecule has 1 heterocycles. The molecule has 1 aromatic rings. The number of sulfone groups is 1. The molecule has 0 radical (unpaired) electrons. The van der Waals surface area contributed by atoms with E-state index < -0.39 is 98.1 Å². The van der Waals surface area contributed by atoms with Crippen LogP contribution < -0.4 is 10.6 Å². The summed E-state index contributed by atoms with van der Waals surface area (Å²) in [4.78, 5) is 26.7. The molecule has 3 N–H and O–H groups in total. The van der Waals surface area contributed by atoms with Crippen molar-refractivity contribution >= 4 is 27.4 Å². The van der Waals surface area contributed by atoms with Crippen LogP contribution in [0.5, 0.6) is 0 Å². The molecule has 5 atom stereocenters. The number of nitrogens with zero attached hydrogens (tertiary/aromatic N) is 3. The first-order valence-corrected chi connectivity index (χ1v) is 16.5. The Morgan fingerprint density at radius 1 is 1.07 bits per heavy atom. The molecule has 1 aromatic carbocycles. The number of primary amides is 1. The number of nitrogens with two attached hydrogens (primary N) is 1. The van der Waals surface area contributed by atoms with Gasteiger partial charge in [-0.05, 0) is 50.3 Å². The molecule has 2 unspecified atom stereocenters. The van der Waals surface area contributed by atoms with Crippen LogP contribution in [0.15, 0.2) is 23.1 Å². The van der Waals surface area contributed by atoms with Crippen molar-refractivity contribution in [3.8, 4) is 6.07 Å². The molecule has 1 aliphatic heterocycles. The smallest absolute Gasteiger partial charge is 0.417 e. The van der Waals surface area contributed by atoms with Crippen molar-refractivity contribution in [1.29, 1.82) is 5.26 Å². The Balaban J connectivity index is 1.48. The summed E-state index contributed by atoms with van der Waals surface area (Å²) in [5.41, 5.74) is 0.00555. The fourth-order valence-corrected chi connectivity index (χ4v) is 9.59. The fraction of sp³-hybridized carbons (Fsp3) is 0.690. The van der Waals surface area contributed by atoms with Crippen molar-refractivity contribution in [2.24, 2.45) is 22.5 Å². The van der Waals surface area contributed by atoms with E-state index in [4.69, 9.17) is 10.5 Å². The molecule has 17 heteroatoms. The molecule has 10 nitrogen and oxygen atoms in total. The van der Waals surface area contributed by atoms with Crippen molar-refractivity contribution in [1.82, 2.24) is 4.90 Å². The van der Waals surface area contributed by atoms with Crippen LogP contribution in [0.4, 0.5) is 32.0 Å². The average molecular weight is 681 g/mol. The van der Waals surface area contributed by atoms with Crippen molar-refractivity contribution in [3.05, 3.63) is 23.8 Å². The standard InChI is InChI=1S/C29H34F6N4O6S/c30-28(31,32)16-38-7-9-39(10-8-38)17-5-6-21(20(11-17)29(33,34)35)46(43,44)19-12-23(45-18-3-1-2-4-18)27(13-19,25(41)42)22-14-26(22,15-36)24(37)40/h5-6,11,18-19,22-23H,1-4,7-10,12-14,16H2,(H2,37,40)(H,41,42)/t19-,22?,23+,26?,27+/m0/s1. The zero-order valence-electron chi connectivity index (χ0n) is 24.6. The number of benzene rings is 1. The number of hydrogen-bond acceptors (Lipinski definition) is 8. The Kier molecular flexibility index (Phi) is 8.82. The van der Waals surface area contributed by atoms with Gasteiger partial charge in [-0.3, -0.25) is 14.5 Å². The number of anilines is 1. The first-order chi connectivity index (χ1) is 21.3. The summed E-state index contributed by atoms with van der Waals surface area (Å²) in [5, 5.41) is 18.7. The number of alkyl halides is 6. The van der Waals surface area contributed by atoms with E-state index in [1.807, 2.05) is 0 Å². The quantitative estimate of drug-likeness (QED) is 0.372. The lowest BCUT2D eigenvalue weighted by Crippen LogP contribution is -2.49. The highest BCUT2D eigenvalue weighted by Gasteiger charge is 2.75. The molecule has 4 aliphatic rings. The van der Waals surface area contributed by atoms with Crippen LogP contribution in [0.25, 0.3) is 0 Å². The molecule has 3 saturated carbocycles. The van der Waals surface area contributed by atoms with Crippen LogP contribution in [0.2, 0.25) is 0 Å². The van der Waals surface area contributed by atoms with E-state index >= 15 is 0 Å². The van der Waals surface area contributed by atoms with Gasteiger partial charge in [0.2, 0.25) is 5.91 Å². The first kappa shape index (κ1) is 34.2. The number of amides is 1. The highest BCUT2D eigenvalue weighted by Crippen LogP contribution is 2.67. The number of nitriles is 1. The molecule has 1 saturated heterocycles. The van der Waals surface area contributed by atoms with E-state index in [0.717, 1.165) is 29.9 Å². The van der Waals surface area contributed by atoms with Crippen molar-refractivity contribution in [2.45, 2.75) is 79.7 Å². The SMILES string of the molecule is N#CC1(C(N)=O)CC1[C@]1(C(=O)O)C[C@@H](S(=O)(=O)c2ccc(N3CCN(CC(F)(F)F)CC3)cc2C(F)(F)F)C[C@H]1OC1CCCC1. The maximum atomic E-state index is 14.4. The highest BCUT2D eigenvalue weighted by atomic mass is 32.2. The van der Waals surface area contributed by atoms with Crippen molar-refractivity contribution in [3.63, 3.8) is 0 Å². The molecular weight excluding hydrogens is 646 g/mol. The van der Waals surface area contributed by atoms with E-state index in [-0.39, 0.29) is 38.3 Å². The number of carbonyl (C=O) groups excluding carboxylic acids is 1. The van der Waals surface area contributed by atoms with Crippen LogP contribution in [0, 0.1) is 28.1 Å². The third kappa shape index (κ3) is 6.15. The van der Waals surface area contributed by atoms with Gasteiger partial charge in [0.05, 0.1) is 40.5 Å². The minimum Gasteiger partial charge on any atom is -0.481 e. The summed E-state index contributed by atoms with van der Waals surface area (Å²) in [5.74, 6) is -3.79. The van der Waals surface area contributed by atoms with E-state index in [0.29, 0.717) is 18.9 Å². The van der Waals surface area contributed by atoms with Crippen LogP contribution in [0.3, 0.4) is 0 Å². The summed E-state index contributed by atoms with van der Waals surface area (Å²) in [7, 11) is -4.88. The van der Waals surface area contributed by atoms with Crippen molar-refractivity contribution < 1.29 is 54.2 Å². The lowest BCUT2D eigenvalue weighted by Gasteiger charge is -2.36. The lowest BCUT2D eigenvalue weighted by molar-refractivity contribution is -0.164. The Labute approximate surface area is 261 Å². The predicted molar refractivity (Wildman–Crippen MR) is 149 cm³/mol. The molecule has 3 aliphatic carbocycles. The topological polar surface area (TPSA) is 154 Å². The van der Waals surface area contributed by atoms with Gasteiger partial charge in [0.1, 0.15) is 10.8 Å². The third-order valence-electron chi connectivity index (χ3n) is 10.1. The van der Waals surface area contributed by atoms with Gasteiger partial charge < -0.3 is 20.5 Å². The van der Waals surface area contributed by atoms with Gasteiger partial charge in [0.25, 0.3) is 0 Å². The molecular formula is C29H34F6N4O6S. The van der Waals surface area contributed by atoms with Gasteiger partial charge >= 0.3 is 18.3 Å². The summed E-state index contributed by atoms with van der Waals surface area (Å²) in [6, 6.07) is 4.38. The maximum absolute atomic E-state index is 14.4. The summed E-state index contributed by atoms with van der Waals surface area (Å²) in [6.45, 7) is -1.35. The molecule has 254 valence electrons. The highest BCUT2D eigenvalue weighted by molar-refractivity contribution is 7.92. The van der Waals surface area contributed by atoms with E-state index in [2.05, 4.69) is 0 Å². The number of carbonyl (C=O) groups is 2. The second-order valence-electron chi connectivity index (χ2n) is 12.7. The van der Waals surface area contributed by atoms with Gasteiger partial charge in [0, 0.05) is 37.8 Å². The number of rotatable bonds is 9. The predicted octanol–water partition coefficient (Wildman–Crippen LogP) is 3.74. The Bertz CT molecular complexity index is 1520. The summed E-state index contributed by atoms with van der Waals surface area (Å²) >= 11 is 0. The second kappa shape index (κ2) is 11.9. The van der Waals surface area contributed by atoms with Gasteiger partial charge in [0.15, 0.2) is 9.84 Å². The van der Waals surface area contributed by atoms with Gasteiger partial charge in [-0.25, -0.2) is 8.42 Å². The largest absolute Gasteiger partial charge is 0.481 e. The summed E-state index contributed by atoms with van der Waals surface area (Å²) < 4.78 is 116. The number of piperazine rings is 1. The number of hydrogen-bond donors (Lipinski definition) is 2. The zero-order valence-corrected chi connectivity index (χ0v) is 25.4. The normalized spacial score (nSPS) is 31.2. The number of carboxylic acids is 1. The second-order valence-corrected chi connectivity index (χ2v) is 14.9. The maximum Gasteiger partial charge on any atom is 0.417 e. The first-order valence-electron chi connectivity index (χ1n) is 14.9. The third-order valence-corrected chi connectivity index (χ3v) is 12.3. The van der Waals surface area contributed by atoms with E-state index in [1.165, 1.54) is 4.90 Å². The fourth-order valence-electron chi connectivity index (χ4n) is 7.57. The number of halogens is 6. The molecule has 1 amide bonds. The monoisotopic (exact) mass is 680 g/mol. The Morgan fingerprint density at radius 2 is 1.70 bits per heavy atom. The average Bonchev–Trinajstić information content (AvgIpc) is 3.28. The van der Waals surface area contributed by atoms with Crippen LogP contribution in [-0.2, 0) is 30.3 Å². The summed E-state index contributed by atoms with van der Waals surface area (Å²) in [6.07, 6.45) is -10.0. The molecule has 0 spiro atoms. The van der Waals surface area contributed by atoms with Crippen molar-refractivity contribution in [2.75, 3.05) is 37.6 Å². The van der Waals surface area contributed by atoms with Crippen LogP contribution >= 0.6 is 0 Å². The van der Waals surface area contributed by atoms with Crippen LogP contribution in [0.1, 0.15) is 50.5 Å². The lowest BCUT2D eigenvalue weighted by atomic mass is 9.75. The van der Waals surface area contributed by atoms with Gasteiger partial charge in [-0.15, -0.1) is 0 Å². The van der Waals surface area contributed by atoms with Crippen LogP contribution in [-0.4, -0.2) is 86.7 Å².